The molecule has 4 heteroatoms. The lowest BCUT2D eigenvalue weighted by molar-refractivity contribution is -0.147. The van der Waals surface area contributed by atoms with Gasteiger partial charge in [0.2, 0.25) is 0 Å². The van der Waals surface area contributed by atoms with E-state index in [1.807, 2.05) is 5.32 Å². The molecule has 0 saturated carbocycles. The van der Waals surface area contributed by atoms with Gasteiger partial charge in [0.05, 0.1) is 0 Å². The Bertz CT molecular complexity index is 145. The summed E-state index contributed by atoms with van der Waals surface area (Å²) in [4.78, 5) is 10.5. The Morgan fingerprint density at radius 2 is 2.00 bits per heavy atom. The van der Waals surface area contributed by atoms with E-state index in [4.69, 9.17) is 0 Å². The molecule has 0 bridgehead atoms. The molecule has 0 aliphatic heterocycles. The normalized spacial score (nSPS) is 11.8. The van der Waals surface area contributed by atoms with Crippen molar-refractivity contribution in [1.29, 1.82) is 0 Å². The molecule has 0 unspecified atom stereocenters. The maximum Gasteiger partial charge on any atom is 0.324 e. The smallest absolute Gasteiger partial charge is 0.324 e. The summed E-state index contributed by atoms with van der Waals surface area (Å²) in [6.07, 6.45) is -0.396. The van der Waals surface area contributed by atoms with Crippen molar-refractivity contribution in [3.05, 3.63) is 0 Å². The molecule has 0 fully saturated rings. The van der Waals surface area contributed by atoms with Crippen LogP contribution in [0.5, 0.6) is 0 Å². The molecule has 0 aromatic rings. The summed E-state index contributed by atoms with van der Waals surface area (Å²) in [7, 11) is 1.20. The Kier molecular flexibility index (Phi) is 3.42. The lowest BCUT2D eigenvalue weighted by atomic mass is 10.0. The maximum atomic E-state index is 12.7. The van der Waals surface area contributed by atoms with E-state index in [1.165, 1.54) is 7.05 Å². The van der Waals surface area contributed by atoms with E-state index in [2.05, 4.69) is 0 Å². The molecule has 0 radical (unpaired) electrons. The summed E-state index contributed by atoms with van der Waals surface area (Å²) < 4.78 is 25.3. The first kappa shape index (κ1) is 10.3. The minimum absolute atomic E-state index is 0.178. The quantitative estimate of drug-likeness (QED) is 0.673. The second-order valence-corrected chi connectivity index (χ2v) is 2.88. The van der Waals surface area contributed by atoms with Gasteiger partial charge < -0.3 is 5.32 Å². The summed E-state index contributed by atoms with van der Waals surface area (Å²) in [5, 5.41) is 1.92. The molecular weight excluding hydrogens is 152 g/mol. The fourth-order valence-electron chi connectivity index (χ4n) is 0.788. The molecule has 0 heterocycles. The zero-order valence-electron chi connectivity index (χ0n) is 6.95. The minimum Gasteiger partial charge on any atom is -0.354 e. The van der Waals surface area contributed by atoms with Crippen molar-refractivity contribution in [2.75, 3.05) is 7.05 Å². The summed E-state index contributed by atoms with van der Waals surface area (Å²) in [5.74, 6) is -4.60. The van der Waals surface area contributed by atoms with Crippen molar-refractivity contribution in [3.8, 4) is 0 Å². The predicted molar refractivity (Wildman–Crippen MR) is 38.5 cm³/mol. The van der Waals surface area contributed by atoms with Crippen LogP contribution in [0.4, 0.5) is 8.78 Å². The lowest BCUT2D eigenvalue weighted by Gasteiger charge is -2.15. The minimum atomic E-state index is -3.22. The van der Waals surface area contributed by atoms with Gasteiger partial charge in [-0.1, -0.05) is 13.8 Å². The molecular formula is C7H13F2NO. The molecule has 66 valence electrons. The van der Waals surface area contributed by atoms with Crippen molar-refractivity contribution in [2.24, 2.45) is 5.92 Å². The van der Waals surface area contributed by atoms with Gasteiger partial charge in [-0.2, -0.15) is 8.78 Å². The Morgan fingerprint density at radius 3 is 2.27 bits per heavy atom. The van der Waals surface area contributed by atoms with Crippen LogP contribution in [0.3, 0.4) is 0 Å². The highest BCUT2D eigenvalue weighted by atomic mass is 19.3. The Hall–Kier alpha value is -0.670. The molecule has 0 saturated heterocycles. The van der Waals surface area contributed by atoms with Crippen LogP contribution in [0, 0.1) is 5.92 Å². The average molecular weight is 165 g/mol. The average Bonchev–Trinajstić information content (AvgIpc) is 1.83. The van der Waals surface area contributed by atoms with Gasteiger partial charge in [-0.3, -0.25) is 4.79 Å². The van der Waals surface area contributed by atoms with E-state index >= 15 is 0 Å². The van der Waals surface area contributed by atoms with Gasteiger partial charge in [0, 0.05) is 13.5 Å². The third kappa shape index (κ3) is 3.30. The first-order valence-electron chi connectivity index (χ1n) is 3.50. The fourth-order valence-corrected chi connectivity index (χ4v) is 0.788. The van der Waals surface area contributed by atoms with Crippen molar-refractivity contribution in [3.63, 3.8) is 0 Å². The lowest BCUT2D eigenvalue weighted by Crippen LogP contribution is -2.38. The van der Waals surface area contributed by atoms with E-state index in [9.17, 15) is 13.6 Å². The van der Waals surface area contributed by atoms with E-state index in [1.54, 1.807) is 13.8 Å². The number of carbonyl (C=O) groups excluding carboxylic acids is 1. The van der Waals surface area contributed by atoms with Crippen molar-refractivity contribution in [2.45, 2.75) is 26.2 Å². The highest BCUT2D eigenvalue weighted by Gasteiger charge is 2.38. The second-order valence-electron chi connectivity index (χ2n) is 2.88. The number of alkyl halides is 2. The fraction of sp³-hybridized carbons (Fsp3) is 0.857. The van der Waals surface area contributed by atoms with Gasteiger partial charge in [-0.15, -0.1) is 0 Å². The van der Waals surface area contributed by atoms with Crippen LogP contribution in [0.15, 0.2) is 0 Å². The summed E-state index contributed by atoms with van der Waals surface area (Å²) in [6, 6.07) is 0. The number of carbonyl (C=O) groups is 1. The van der Waals surface area contributed by atoms with E-state index in [0.717, 1.165) is 0 Å². The maximum absolute atomic E-state index is 12.7. The summed E-state index contributed by atoms with van der Waals surface area (Å²) in [5.41, 5.74) is 0. The van der Waals surface area contributed by atoms with Crippen LogP contribution in [-0.4, -0.2) is 18.9 Å². The largest absolute Gasteiger partial charge is 0.354 e. The number of halogens is 2. The molecule has 2 nitrogen and oxygen atoms in total. The van der Waals surface area contributed by atoms with Gasteiger partial charge >= 0.3 is 5.92 Å². The molecule has 0 spiro atoms. The summed E-state index contributed by atoms with van der Waals surface area (Å²) in [6.45, 7) is 3.30. The van der Waals surface area contributed by atoms with Crippen LogP contribution in [-0.2, 0) is 4.79 Å². The van der Waals surface area contributed by atoms with Gasteiger partial charge in [-0.05, 0) is 5.92 Å². The van der Waals surface area contributed by atoms with Crippen LogP contribution in [0.25, 0.3) is 0 Å². The van der Waals surface area contributed by atoms with Crippen molar-refractivity contribution in [1.82, 2.24) is 5.32 Å². The SMILES string of the molecule is CNC(=O)C(F)(F)CC(C)C. The first-order valence-corrected chi connectivity index (χ1v) is 3.50. The topological polar surface area (TPSA) is 29.1 Å². The zero-order chi connectivity index (χ0) is 9.07. The molecule has 0 rings (SSSR count). The number of nitrogens with one attached hydrogen (secondary N) is 1. The molecule has 0 atom stereocenters. The molecule has 11 heavy (non-hydrogen) atoms. The Labute approximate surface area is 65.0 Å². The number of amides is 1. The Morgan fingerprint density at radius 1 is 1.55 bits per heavy atom. The number of hydrogen-bond acceptors (Lipinski definition) is 1. The molecule has 0 aliphatic rings. The van der Waals surface area contributed by atoms with E-state index in [-0.39, 0.29) is 5.92 Å². The van der Waals surface area contributed by atoms with E-state index in [0.29, 0.717) is 0 Å². The van der Waals surface area contributed by atoms with Gasteiger partial charge in [0.15, 0.2) is 0 Å². The van der Waals surface area contributed by atoms with Crippen molar-refractivity contribution < 1.29 is 13.6 Å². The third-order valence-corrected chi connectivity index (χ3v) is 1.22. The predicted octanol–water partition coefficient (Wildman–Crippen LogP) is 1.41. The molecule has 0 aliphatic carbocycles. The van der Waals surface area contributed by atoms with Crippen LogP contribution >= 0.6 is 0 Å². The highest BCUT2D eigenvalue weighted by molar-refractivity contribution is 5.82. The van der Waals surface area contributed by atoms with Gasteiger partial charge in [-0.25, -0.2) is 0 Å². The Balaban J connectivity index is 4.09. The van der Waals surface area contributed by atoms with E-state index < -0.39 is 18.3 Å². The molecule has 0 aromatic carbocycles. The number of hydrogen-bond donors (Lipinski definition) is 1. The standard InChI is InChI=1S/C7H13F2NO/c1-5(2)4-7(8,9)6(11)10-3/h5H,4H2,1-3H3,(H,10,11). The molecule has 0 aromatic heterocycles. The van der Waals surface area contributed by atoms with Crippen LogP contribution in [0.1, 0.15) is 20.3 Å². The van der Waals surface area contributed by atoms with Crippen LogP contribution < -0.4 is 5.32 Å². The number of rotatable bonds is 3. The highest BCUT2D eigenvalue weighted by Crippen LogP contribution is 2.22. The second kappa shape index (κ2) is 3.64. The molecule has 1 N–H and O–H groups in total. The van der Waals surface area contributed by atoms with Crippen LogP contribution in [0.2, 0.25) is 0 Å². The van der Waals surface area contributed by atoms with Gasteiger partial charge in [0.25, 0.3) is 5.91 Å². The van der Waals surface area contributed by atoms with Crippen molar-refractivity contribution >= 4 is 5.91 Å². The summed E-state index contributed by atoms with van der Waals surface area (Å²) >= 11 is 0. The van der Waals surface area contributed by atoms with Gasteiger partial charge in [0.1, 0.15) is 0 Å². The first-order chi connectivity index (χ1) is 4.90. The molecule has 1 amide bonds. The third-order valence-electron chi connectivity index (χ3n) is 1.22. The zero-order valence-corrected chi connectivity index (χ0v) is 6.95. The monoisotopic (exact) mass is 165 g/mol.